The summed E-state index contributed by atoms with van der Waals surface area (Å²) in [5, 5.41) is 22.5. The second kappa shape index (κ2) is 12.8. The standard InChI is InChI=1S/C31H32N4O6/c1-20(2)35(23-12-14-24(36)15-13-23)28(37)19-34(22-9-4-3-5-10-22)31(41)26(16-17-29(38)39)33-30(40)27-18-21-8-6-7-11-25(21)32-27/h3-15,18,20,26,32,36H,16-17,19H2,1-2H3,(H,33,40)(H,38,39)/t26-/m1/s1. The van der Waals surface area contributed by atoms with Crippen molar-refractivity contribution in [2.45, 2.75) is 38.8 Å². The van der Waals surface area contributed by atoms with Crippen LogP contribution in [0.2, 0.25) is 0 Å². The Morgan fingerprint density at radius 1 is 0.878 bits per heavy atom. The average Bonchev–Trinajstić information content (AvgIpc) is 3.39. The maximum atomic E-state index is 14.0. The lowest BCUT2D eigenvalue weighted by atomic mass is 10.1. The Kier molecular flexibility index (Phi) is 9.03. The molecule has 41 heavy (non-hydrogen) atoms. The van der Waals surface area contributed by atoms with Gasteiger partial charge < -0.3 is 30.3 Å². The lowest BCUT2D eigenvalue weighted by molar-refractivity contribution is -0.137. The first-order valence-electron chi connectivity index (χ1n) is 13.2. The van der Waals surface area contributed by atoms with Crippen LogP contribution in [0.15, 0.2) is 84.9 Å². The molecule has 4 aromatic rings. The van der Waals surface area contributed by atoms with Gasteiger partial charge in [-0.05, 0) is 68.8 Å². The van der Waals surface area contributed by atoms with Crippen LogP contribution in [0.5, 0.6) is 5.75 Å². The number of hydrogen-bond acceptors (Lipinski definition) is 5. The van der Waals surface area contributed by atoms with Gasteiger partial charge in [0.15, 0.2) is 0 Å². The first-order chi connectivity index (χ1) is 19.6. The number of rotatable bonds is 11. The highest BCUT2D eigenvalue weighted by Crippen LogP contribution is 2.23. The van der Waals surface area contributed by atoms with Gasteiger partial charge >= 0.3 is 5.97 Å². The second-order valence-electron chi connectivity index (χ2n) is 9.86. The number of carbonyl (C=O) groups excluding carboxylic acids is 3. The predicted octanol–water partition coefficient (Wildman–Crippen LogP) is 4.31. The number of nitrogens with zero attached hydrogens (tertiary/aromatic N) is 2. The van der Waals surface area contributed by atoms with Crippen molar-refractivity contribution in [1.82, 2.24) is 10.3 Å². The van der Waals surface area contributed by atoms with E-state index in [9.17, 15) is 29.4 Å². The van der Waals surface area contributed by atoms with Crippen LogP contribution in [0.25, 0.3) is 10.9 Å². The summed E-state index contributed by atoms with van der Waals surface area (Å²) < 4.78 is 0. The van der Waals surface area contributed by atoms with Crippen molar-refractivity contribution in [3.05, 3.63) is 90.6 Å². The smallest absolute Gasteiger partial charge is 0.303 e. The second-order valence-corrected chi connectivity index (χ2v) is 9.86. The molecule has 3 aromatic carbocycles. The number of nitrogens with one attached hydrogen (secondary N) is 2. The number of anilines is 2. The molecule has 1 atom stereocenters. The number of H-pyrrole nitrogens is 1. The Morgan fingerprint density at radius 3 is 2.17 bits per heavy atom. The highest BCUT2D eigenvalue weighted by Gasteiger charge is 2.31. The molecular weight excluding hydrogens is 524 g/mol. The molecule has 1 aromatic heterocycles. The van der Waals surface area contributed by atoms with Gasteiger partial charge in [0.1, 0.15) is 24.0 Å². The Bertz CT molecular complexity index is 1500. The topological polar surface area (TPSA) is 143 Å². The molecular formula is C31H32N4O6. The number of para-hydroxylation sites is 2. The van der Waals surface area contributed by atoms with Gasteiger partial charge in [-0.2, -0.15) is 0 Å². The third-order valence-corrected chi connectivity index (χ3v) is 6.57. The zero-order valence-corrected chi connectivity index (χ0v) is 22.8. The molecule has 212 valence electrons. The summed E-state index contributed by atoms with van der Waals surface area (Å²) in [5.74, 6) is -2.66. The van der Waals surface area contributed by atoms with Gasteiger partial charge in [0.25, 0.3) is 5.91 Å². The number of aromatic nitrogens is 1. The first-order valence-corrected chi connectivity index (χ1v) is 13.2. The third-order valence-electron chi connectivity index (χ3n) is 6.57. The number of carbonyl (C=O) groups is 4. The van der Waals surface area contributed by atoms with Crippen LogP contribution in [0.3, 0.4) is 0 Å². The lowest BCUT2D eigenvalue weighted by Gasteiger charge is -2.32. The molecule has 4 N–H and O–H groups in total. The van der Waals surface area contributed by atoms with Crippen molar-refractivity contribution in [3.63, 3.8) is 0 Å². The van der Waals surface area contributed by atoms with Crippen molar-refractivity contribution in [3.8, 4) is 5.75 Å². The van der Waals surface area contributed by atoms with Gasteiger partial charge in [-0.15, -0.1) is 0 Å². The molecule has 0 aliphatic rings. The SMILES string of the molecule is CC(C)N(C(=O)CN(C(=O)[C@@H](CCC(=O)O)NC(=O)c1cc2ccccc2[nH]1)c1ccccc1)c1ccc(O)cc1. The Balaban J connectivity index is 1.64. The molecule has 0 fully saturated rings. The largest absolute Gasteiger partial charge is 0.508 e. The monoisotopic (exact) mass is 556 g/mol. The van der Waals surface area contributed by atoms with Gasteiger partial charge in [-0.3, -0.25) is 19.2 Å². The van der Waals surface area contributed by atoms with Gasteiger partial charge in [0.2, 0.25) is 11.8 Å². The number of amides is 3. The van der Waals surface area contributed by atoms with E-state index >= 15 is 0 Å². The Morgan fingerprint density at radius 2 is 1.54 bits per heavy atom. The van der Waals surface area contributed by atoms with E-state index in [1.54, 1.807) is 48.5 Å². The van der Waals surface area contributed by atoms with Gasteiger partial charge in [0, 0.05) is 34.7 Å². The number of phenolic OH excluding ortho intramolecular Hbond substituents is 1. The van der Waals surface area contributed by atoms with E-state index in [1.165, 1.54) is 21.9 Å². The van der Waals surface area contributed by atoms with Crippen LogP contribution >= 0.6 is 0 Å². The van der Waals surface area contributed by atoms with E-state index in [0.717, 1.165) is 10.9 Å². The lowest BCUT2D eigenvalue weighted by Crippen LogP contribution is -2.53. The molecule has 0 spiro atoms. The summed E-state index contributed by atoms with van der Waals surface area (Å²) in [5.41, 5.74) is 1.92. The van der Waals surface area contributed by atoms with Crippen molar-refractivity contribution < 1.29 is 29.4 Å². The minimum absolute atomic E-state index is 0.0537. The molecule has 0 aliphatic heterocycles. The Labute approximate surface area is 237 Å². The fraction of sp³-hybridized carbons (Fsp3) is 0.226. The molecule has 1 heterocycles. The van der Waals surface area contributed by atoms with Gasteiger partial charge in [-0.1, -0.05) is 36.4 Å². The molecule has 0 bridgehead atoms. The third kappa shape index (κ3) is 7.10. The number of carboxylic acid groups (broad SMARTS) is 1. The average molecular weight is 557 g/mol. The number of aromatic hydroxyl groups is 1. The van der Waals surface area contributed by atoms with Crippen LogP contribution in [0.1, 0.15) is 37.2 Å². The summed E-state index contributed by atoms with van der Waals surface area (Å²) >= 11 is 0. The molecule has 10 nitrogen and oxygen atoms in total. The van der Waals surface area contributed by atoms with E-state index in [2.05, 4.69) is 10.3 Å². The highest BCUT2D eigenvalue weighted by molar-refractivity contribution is 6.07. The van der Waals surface area contributed by atoms with Crippen molar-refractivity contribution in [2.24, 2.45) is 0 Å². The van der Waals surface area contributed by atoms with E-state index in [1.807, 2.05) is 38.1 Å². The fourth-order valence-corrected chi connectivity index (χ4v) is 4.60. The molecule has 0 saturated carbocycles. The van der Waals surface area contributed by atoms with E-state index in [4.69, 9.17) is 0 Å². The molecule has 3 amide bonds. The van der Waals surface area contributed by atoms with Crippen molar-refractivity contribution >= 4 is 46.0 Å². The summed E-state index contributed by atoms with van der Waals surface area (Å²) in [6, 6.07) is 22.2. The molecule has 0 unspecified atom stereocenters. The first kappa shape index (κ1) is 28.9. The number of fused-ring (bicyclic) bond motifs is 1. The quantitative estimate of drug-likeness (QED) is 0.217. The number of phenols is 1. The fourth-order valence-electron chi connectivity index (χ4n) is 4.60. The summed E-state index contributed by atoms with van der Waals surface area (Å²) in [4.78, 5) is 58.1. The van der Waals surface area contributed by atoms with Crippen molar-refractivity contribution in [1.29, 1.82) is 0 Å². The van der Waals surface area contributed by atoms with Crippen LogP contribution < -0.4 is 15.1 Å². The molecule has 0 saturated heterocycles. The van der Waals surface area contributed by atoms with Gasteiger partial charge in [-0.25, -0.2) is 0 Å². The zero-order chi connectivity index (χ0) is 29.5. The molecule has 10 heteroatoms. The van der Waals surface area contributed by atoms with Gasteiger partial charge in [0.05, 0.1) is 0 Å². The number of hydrogen-bond donors (Lipinski definition) is 4. The minimum Gasteiger partial charge on any atom is -0.508 e. The summed E-state index contributed by atoms with van der Waals surface area (Å²) in [7, 11) is 0. The van der Waals surface area contributed by atoms with Crippen LogP contribution in [0.4, 0.5) is 11.4 Å². The number of aliphatic carboxylic acids is 1. The normalized spacial score (nSPS) is 11.7. The maximum absolute atomic E-state index is 14.0. The molecule has 0 radical (unpaired) electrons. The Hall–Kier alpha value is -5.12. The van der Waals surface area contributed by atoms with Crippen LogP contribution in [0, 0.1) is 0 Å². The predicted molar refractivity (Wildman–Crippen MR) is 156 cm³/mol. The van der Waals surface area contributed by atoms with E-state index < -0.39 is 29.7 Å². The van der Waals surface area contributed by atoms with Crippen LogP contribution in [-0.4, -0.2) is 57.5 Å². The molecule has 4 rings (SSSR count). The zero-order valence-electron chi connectivity index (χ0n) is 22.8. The summed E-state index contributed by atoms with van der Waals surface area (Å²) in [6.45, 7) is 3.29. The van der Waals surface area contributed by atoms with E-state index in [-0.39, 0.29) is 36.9 Å². The maximum Gasteiger partial charge on any atom is 0.303 e. The minimum atomic E-state index is -1.22. The highest BCUT2D eigenvalue weighted by atomic mass is 16.4. The number of aromatic amines is 1. The summed E-state index contributed by atoms with van der Waals surface area (Å²) in [6.07, 6.45) is -0.547. The molecule has 0 aliphatic carbocycles. The number of carboxylic acids is 1. The number of benzene rings is 3. The van der Waals surface area contributed by atoms with E-state index in [0.29, 0.717) is 11.4 Å². The van der Waals surface area contributed by atoms with Crippen LogP contribution in [-0.2, 0) is 14.4 Å². The van der Waals surface area contributed by atoms with Crippen molar-refractivity contribution in [2.75, 3.05) is 16.3 Å².